The van der Waals surface area contributed by atoms with E-state index in [4.69, 9.17) is 0 Å². The number of ether oxygens (including phenoxy) is 2. The average molecular weight is 310 g/mol. The molecule has 2 N–H and O–H groups in total. The summed E-state index contributed by atoms with van der Waals surface area (Å²) in [5.41, 5.74) is 0.279. The van der Waals surface area contributed by atoms with Crippen LogP contribution in [0.2, 0.25) is 0 Å². The van der Waals surface area contributed by atoms with Crippen molar-refractivity contribution < 1.29 is 31.8 Å². The van der Waals surface area contributed by atoms with E-state index in [-0.39, 0.29) is 36.1 Å². The highest BCUT2D eigenvalue weighted by Crippen LogP contribution is 2.27. The Morgan fingerprint density at radius 1 is 1.19 bits per heavy atom. The molecule has 1 aromatic rings. The Morgan fingerprint density at radius 2 is 1.86 bits per heavy atom. The van der Waals surface area contributed by atoms with E-state index in [1.165, 1.54) is 19.2 Å². The van der Waals surface area contributed by atoms with Crippen molar-refractivity contribution in [3.63, 3.8) is 0 Å². The second-order valence-corrected chi connectivity index (χ2v) is 3.80. The molecule has 1 aromatic carbocycles. The van der Waals surface area contributed by atoms with Gasteiger partial charge in [-0.1, -0.05) is 6.07 Å². The van der Waals surface area contributed by atoms with Gasteiger partial charge < -0.3 is 20.1 Å². The molecule has 5 nitrogen and oxygen atoms in total. The third-order valence-corrected chi connectivity index (χ3v) is 2.36. The first-order valence-electron chi connectivity index (χ1n) is 5.86. The van der Waals surface area contributed by atoms with Crippen LogP contribution >= 0.6 is 0 Å². The zero-order valence-corrected chi connectivity index (χ0v) is 11.0. The van der Waals surface area contributed by atoms with E-state index >= 15 is 0 Å². The monoisotopic (exact) mass is 310 g/mol. The van der Waals surface area contributed by atoms with Gasteiger partial charge in [-0.05, 0) is 6.07 Å². The van der Waals surface area contributed by atoms with E-state index < -0.39 is 13.2 Å². The quantitative estimate of drug-likeness (QED) is 0.718. The van der Waals surface area contributed by atoms with Gasteiger partial charge in [0, 0.05) is 25.2 Å². The van der Waals surface area contributed by atoms with Crippen molar-refractivity contribution in [2.75, 3.05) is 13.6 Å². The van der Waals surface area contributed by atoms with Gasteiger partial charge in [0.1, 0.15) is 11.5 Å². The van der Waals surface area contributed by atoms with Crippen LogP contribution in [-0.2, 0) is 11.3 Å². The Morgan fingerprint density at radius 3 is 2.43 bits per heavy atom. The minimum atomic E-state index is -3.11. The zero-order valence-electron chi connectivity index (χ0n) is 11.0. The summed E-state index contributed by atoms with van der Waals surface area (Å²) in [5.74, 6) is -0.882. The van der Waals surface area contributed by atoms with Gasteiger partial charge in [-0.3, -0.25) is 4.79 Å². The molecule has 0 radical (unpaired) electrons. The third kappa shape index (κ3) is 6.30. The molecule has 0 unspecified atom stereocenters. The van der Waals surface area contributed by atoms with Gasteiger partial charge >= 0.3 is 13.2 Å². The Balaban J connectivity index is 2.78. The number of carbonyl (C=O) groups is 1. The van der Waals surface area contributed by atoms with E-state index in [1.54, 1.807) is 0 Å². The van der Waals surface area contributed by atoms with Crippen molar-refractivity contribution in [3.8, 4) is 11.5 Å². The first-order valence-corrected chi connectivity index (χ1v) is 5.86. The molecule has 9 heteroatoms. The van der Waals surface area contributed by atoms with Crippen LogP contribution in [0.4, 0.5) is 17.6 Å². The van der Waals surface area contributed by atoms with Gasteiger partial charge in [-0.25, -0.2) is 0 Å². The molecule has 1 rings (SSSR count). The highest BCUT2D eigenvalue weighted by Gasteiger charge is 2.13. The number of nitrogens with one attached hydrogen (secondary N) is 2. The van der Waals surface area contributed by atoms with Crippen LogP contribution < -0.4 is 20.1 Å². The lowest BCUT2D eigenvalue weighted by molar-refractivity contribution is -0.119. The molecule has 0 spiro atoms. The molecule has 0 fully saturated rings. The highest BCUT2D eigenvalue weighted by atomic mass is 19.3. The molecule has 118 valence electrons. The van der Waals surface area contributed by atoms with E-state index in [0.717, 1.165) is 6.07 Å². The topological polar surface area (TPSA) is 59.6 Å². The predicted octanol–water partition coefficient (Wildman–Crippen LogP) is 1.72. The van der Waals surface area contributed by atoms with Crippen LogP contribution in [0, 0.1) is 0 Å². The number of hydrogen-bond donors (Lipinski definition) is 2. The van der Waals surface area contributed by atoms with Crippen LogP contribution in [0.25, 0.3) is 0 Å². The lowest BCUT2D eigenvalue weighted by atomic mass is 10.2. The summed E-state index contributed by atoms with van der Waals surface area (Å²) in [5, 5.41) is 5.07. The van der Waals surface area contributed by atoms with Crippen molar-refractivity contribution >= 4 is 5.91 Å². The standard InChI is InChI=1S/C12H14F4N2O3/c1-17-10(19)6-18-5-7-2-3-8(20-11(13)14)4-9(7)21-12(15)16/h2-4,11-12,18H,5-6H2,1H3,(H,17,19). The van der Waals surface area contributed by atoms with Crippen molar-refractivity contribution in [3.05, 3.63) is 23.8 Å². The summed E-state index contributed by atoms with van der Waals surface area (Å²) in [7, 11) is 1.45. The Labute approximate surface area is 118 Å². The third-order valence-electron chi connectivity index (χ3n) is 2.36. The van der Waals surface area contributed by atoms with Gasteiger partial charge in [-0.2, -0.15) is 17.6 Å². The summed E-state index contributed by atoms with van der Waals surface area (Å²) >= 11 is 0. The van der Waals surface area contributed by atoms with Crippen molar-refractivity contribution in [1.29, 1.82) is 0 Å². The number of rotatable bonds is 8. The highest BCUT2D eigenvalue weighted by molar-refractivity contribution is 5.77. The van der Waals surface area contributed by atoms with Crippen molar-refractivity contribution in [2.45, 2.75) is 19.8 Å². The molecule has 0 bridgehead atoms. The fourth-order valence-electron chi connectivity index (χ4n) is 1.46. The predicted molar refractivity (Wildman–Crippen MR) is 65.5 cm³/mol. The van der Waals surface area contributed by atoms with Gasteiger partial charge in [0.25, 0.3) is 0 Å². The van der Waals surface area contributed by atoms with Gasteiger partial charge in [-0.15, -0.1) is 0 Å². The molecule has 0 atom stereocenters. The number of alkyl halides is 4. The first kappa shape index (κ1) is 17.0. The Kier molecular flexibility index (Phi) is 6.73. The van der Waals surface area contributed by atoms with Crippen molar-refractivity contribution in [2.24, 2.45) is 0 Å². The van der Waals surface area contributed by atoms with Gasteiger partial charge in [0.2, 0.25) is 5.91 Å². The molecule has 0 aromatic heterocycles. The minimum absolute atomic E-state index is 0.0279. The maximum atomic E-state index is 12.3. The van der Waals surface area contributed by atoms with Crippen LogP contribution in [0.15, 0.2) is 18.2 Å². The van der Waals surface area contributed by atoms with E-state index in [9.17, 15) is 22.4 Å². The molecule has 21 heavy (non-hydrogen) atoms. The van der Waals surface area contributed by atoms with E-state index in [0.29, 0.717) is 0 Å². The molecule has 0 saturated heterocycles. The minimum Gasteiger partial charge on any atom is -0.435 e. The SMILES string of the molecule is CNC(=O)CNCc1ccc(OC(F)F)cc1OC(F)F. The summed E-state index contributed by atoms with van der Waals surface area (Å²) in [6.45, 7) is -6.16. The smallest absolute Gasteiger partial charge is 0.387 e. The lowest BCUT2D eigenvalue weighted by Gasteiger charge is -2.13. The fraction of sp³-hybridized carbons (Fsp3) is 0.417. The molecule has 0 saturated carbocycles. The molecule has 0 heterocycles. The fourth-order valence-corrected chi connectivity index (χ4v) is 1.46. The van der Waals surface area contributed by atoms with E-state index in [2.05, 4.69) is 20.1 Å². The maximum Gasteiger partial charge on any atom is 0.387 e. The second-order valence-electron chi connectivity index (χ2n) is 3.80. The molecule has 0 aliphatic heterocycles. The van der Waals surface area contributed by atoms with Crippen LogP contribution in [0.3, 0.4) is 0 Å². The van der Waals surface area contributed by atoms with Gasteiger partial charge in [0.05, 0.1) is 6.54 Å². The number of likely N-dealkylation sites (N-methyl/N-ethyl adjacent to an activating group) is 1. The average Bonchev–Trinajstić information content (AvgIpc) is 2.39. The summed E-state index contributed by atoms with van der Waals surface area (Å²) in [4.78, 5) is 11.0. The molecular formula is C12H14F4N2O3. The zero-order chi connectivity index (χ0) is 15.8. The number of hydrogen-bond acceptors (Lipinski definition) is 4. The number of amides is 1. The molecule has 0 aliphatic carbocycles. The van der Waals surface area contributed by atoms with Crippen LogP contribution in [0.1, 0.15) is 5.56 Å². The molecule has 1 amide bonds. The van der Waals surface area contributed by atoms with Crippen LogP contribution in [0.5, 0.6) is 11.5 Å². The first-order chi connectivity index (χ1) is 9.92. The Hall–Kier alpha value is -2.03. The summed E-state index contributed by atoms with van der Waals surface area (Å²) in [6, 6.07) is 3.43. The molecular weight excluding hydrogens is 296 g/mol. The largest absolute Gasteiger partial charge is 0.435 e. The normalized spacial score (nSPS) is 10.8. The lowest BCUT2D eigenvalue weighted by Crippen LogP contribution is -2.31. The maximum absolute atomic E-state index is 12.3. The number of benzene rings is 1. The van der Waals surface area contributed by atoms with Crippen molar-refractivity contribution in [1.82, 2.24) is 10.6 Å². The van der Waals surface area contributed by atoms with Gasteiger partial charge in [0.15, 0.2) is 0 Å². The molecule has 0 aliphatic rings. The number of halogens is 4. The Bertz CT molecular complexity index is 472. The number of carbonyl (C=O) groups excluding carboxylic acids is 1. The summed E-state index contributed by atoms with van der Waals surface area (Å²) < 4.78 is 57.1. The second kappa shape index (κ2) is 8.30. The summed E-state index contributed by atoms with van der Waals surface area (Å²) in [6.07, 6.45) is 0. The van der Waals surface area contributed by atoms with E-state index in [1.807, 2.05) is 0 Å². The van der Waals surface area contributed by atoms with Crippen LogP contribution in [-0.4, -0.2) is 32.7 Å².